The summed E-state index contributed by atoms with van der Waals surface area (Å²) in [5, 5.41) is 3.04. The third kappa shape index (κ3) is 2.33. The molecule has 0 radical (unpaired) electrons. The zero-order valence-corrected chi connectivity index (χ0v) is 9.80. The molecule has 0 spiro atoms. The maximum atomic E-state index is 11.6. The first-order valence-electron chi connectivity index (χ1n) is 4.70. The van der Waals surface area contributed by atoms with E-state index in [1.165, 1.54) is 0 Å². The Morgan fingerprint density at radius 1 is 1.47 bits per heavy atom. The van der Waals surface area contributed by atoms with Crippen LogP contribution in [-0.4, -0.2) is 25.0 Å². The number of nitrogens with one attached hydrogen (secondary N) is 1. The first-order chi connectivity index (χ1) is 7.17. The van der Waals surface area contributed by atoms with Crippen molar-refractivity contribution < 1.29 is 4.79 Å². The molecule has 0 aliphatic rings. The second kappa shape index (κ2) is 5.19. The van der Waals surface area contributed by atoms with E-state index in [-0.39, 0.29) is 5.91 Å². The summed E-state index contributed by atoms with van der Waals surface area (Å²) in [7, 11) is 1.76. The molecule has 0 heterocycles. The number of nitrogens with two attached hydrogens (primary N) is 1. The van der Waals surface area contributed by atoms with E-state index in [9.17, 15) is 4.79 Å². The van der Waals surface area contributed by atoms with Gasteiger partial charge in [-0.25, -0.2) is 0 Å². The fraction of sp³-hybridized carbons (Fsp3) is 0.364. The molecule has 0 bridgehead atoms. The van der Waals surface area contributed by atoms with Crippen LogP contribution in [0.2, 0.25) is 0 Å². The van der Waals surface area contributed by atoms with Crippen LogP contribution < -0.4 is 11.1 Å². The number of hydrogen-bond acceptors (Lipinski definition) is 3. The van der Waals surface area contributed by atoms with Crippen molar-refractivity contribution in [3.8, 4) is 0 Å². The van der Waals surface area contributed by atoms with Gasteiger partial charge >= 0.3 is 0 Å². The summed E-state index contributed by atoms with van der Waals surface area (Å²) in [6.07, 6.45) is 1.96. The van der Waals surface area contributed by atoms with Crippen LogP contribution in [0.25, 0.3) is 0 Å². The van der Waals surface area contributed by atoms with E-state index in [4.69, 9.17) is 5.73 Å². The predicted octanol–water partition coefficient (Wildman–Crippen LogP) is 0.950. The molecule has 3 N–H and O–H groups in total. The Balaban J connectivity index is 3.15. The van der Waals surface area contributed by atoms with Gasteiger partial charge in [-0.3, -0.25) is 4.79 Å². The summed E-state index contributed by atoms with van der Waals surface area (Å²) in [6.45, 7) is 0. The molecule has 1 rings (SSSR count). The van der Waals surface area contributed by atoms with E-state index in [0.29, 0.717) is 5.75 Å². The molecule has 82 valence electrons. The van der Waals surface area contributed by atoms with Crippen molar-refractivity contribution in [1.29, 1.82) is 0 Å². The Hall–Kier alpha value is -1.00. The summed E-state index contributed by atoms with van der Waals surface area (Å²) >= 11 is 1.59. The lowest BCUT2D eigenvalue weighted by molar-refractivity contribution is -0.123. The monoisotopic (exact) mass is 224 g/mol. The molecule has 1 amide bonds. The smallest absolute Gasteiger partial charge is 0.243 e. The highest BCUT2D eigenvalue weighted by Gasteiger charge is 2.36. The van der Waals surface area contributed by atoms with E-state index in [0.717, 1.165) is 5.56 Å². The van der Waals surface area contributed by atoms with Crippen LogP contribution in [0, 0.1) is 0 Å². The molecule has 0 aromatic heterocycles. The number of benzene rings is 1. The van der Waals surface area contributed by atoms with Crippen molar-refractivity contribution >= 4 is 17.7 Å². The van der Waals surface area contributed by atoms with Gasteiger partial charge in [0.25, 0.3) is 0 Å². The average Bonchev–Trinajstić information content (AvgIpc) is 2.26. The van der Waals surface area contributed by atoms with E-state index < -0.39 is 5.54 Å². The largest absolute Gasteiger partial charge is 0.368 e. The summed E-state index contributed by atoms with van der Waals surface area (Å²) in [4.78, 5) is 11.6. The van der Waals surface area contributed by atoms with Crippen LogP contribution in [0.4, 0.5) is 0 Å². The van der Waals surface area contributed by atoms with E-state index >= 15 is 0 Å². The highest BCUT2D eigenvalue weighted by molar-refractivity contribution is 7.98. The third-order valence-corrected chi connectivity index (χ3v) is 3.20. The van der Waals surface area contributed by atoms with E-state index in [2.05, 4.69) is 5.32 Å². The second-order valence-corrected chi connectivity index (χ2v) is 4.18. The van der Waals surface area contributed by atoms with Crippen molar-refractivity contribution in [2.45, 2.75) is 5.54 Å². The zero-order valence-electron chi connectivity index (χ0n) is 8.99. The Morgan fingerprint density at radius 3 is 2.47 bits per heavy atom. The second-order valence-electron chi connectivity index (χ2n) is 3.32. The molecule has 0 aliphatic heterocycles. The molecule has 1 aromatic rings. The lowest BCUT2D eigenvalue weighted by Gasteiger charge is -2.30. The molecule has 3 nitrogen and oxygen atoms in total. The Kier molecular flexibility index (Phi) is 4.17. The van der Waals surface area contributed by atoms with Gasteiger partial charge in [-0.1, -0.05) is 30.3 Å². The van der Waals surface area contributed by atoms with Gasteiger partial charge in [0.15, 0.2) is 0 Å². The number of rotatable bonds is 5. The molecule has 1 unspecified atom stereocenters. The SMILES string of the molecule is CNC(CSC)(C(N)=O)c1ccccc1. The molecule has 0 saturated carbocycles. The van der Waals surface area contributed by atoms with Crippen LogP contribution >= 0.6 is 11.8 Å². The molecule has 1 aromatic carbocycles. The van der Waals surface area contributed by atoms with Gasteiger partial charge in [0, 0.05) is 5.75 Å². The molecule has 0 aliphatic carbocycles. The number of thioether (sulfide) groups is 1. The minimum Gasteiger partial charge on any atom is -0.368 e. The lowest BCUT2D eigenvalue weighted by atomic mass is 9.91. The number of primary amides is 1. The van der Waals surface area contributed by atoms with Crippen LogP contribution in [0.1, 0.15) is 5.56 Å². The minimum absolute atomic E-state index is 0.342. The molecule has 15 heavy (non-hydrogen) atoms. The summed E-state index contributed by atoms with van der Waals surface area (Å²) < 4.78 is 0. The Morgan fingerprint density at radius 2 is 2.07 bits per heavy atom. The number of amides is 1. The predicted molar refractivity (Wildman–Crippen MR) is 64.8 cm³/mol. The van der Waals surface area contributed by atoms with Gasteiger partial charge in [-0.05, 0) is 18.9 Å². The fourth-order valence-corrected chi connectivity index (χ4v) is 2.46. The summed E-state index contributed by atoms with van der Waals surface area (Å²) in [5.74, 6) is 0.286. The van der Waals surface area contributed by atoms with Crippen molar-refractivity contribution in [2.75, 3.05) is 19.1 Å². The van der Waals surface area contributed by atoms with Crippen molar-refractivity contribution in [3.05, 3.63) is 35.9 Å². The molecule has 4 heteroatoms. The maximum absolute atomic E-state index is 11.6. The quantitative estimate of drug-likeness (QED) is 0.783. The van der Waals surface area contributed by atoms with Crippen molar-refractivity contribution in [3.63, 3.8) is 0 Å². The average molecular weight is 224 g/mol. The van der Waals surface area contributed by atoms with Gasteiger partial charge in [-0.2, -0.15) is 11.8 Å². The zero-order chi connectivity index (χ0) is 11.3. The van der Waals surface area contributed by atoms with E-state index in [1.807, 2.05) is 36.6 Å². The van der Waals surface area contributed by atoms with Crippen LogP contribution in [0.3, 0.4) is 0 Å². The summed E-state index contributed by atoms with van der Waals surface area (Å²) in [5.41, 5.74) is 5.63. The highest BCUT2D eigenvalue weighted by atomic mass is 32.2. The van der Waals surface area contributed by atoms with Gasteiger partial charge in [0.1, 0.15) is 5.54 Å². The molecular formula is C11H16N2OS. The molecule has 1 atom stereocenters. The first-order valence-corrected chi connectivity index (χ1v) is 6.10. The standard InChI is InChI=1S/C11H16N2OS/c1-13-11(8-15-2,10(12)14)9-6-4-3-5-7-9/h3-7,13H,8H2,1-2H3,(H2,12,14). The molecular weight excluding hydrogens is 208 g/mol. The minimum atomic E-state index is -0.763. The van der Waals surface area contributed by atoms with Gasteiger partial charge in [-0.15, -0.1) is 0 Å². The van der Waals surface area contributed by atoms with Crippen molar-refractivity contribution in [2.24, 2.45) is 5.73 Å². The molecule has 0 saturated heterocycles. The number of carbonyl (C=O) groups is 1. The number of carbonyl (C=O) groups excluding carboxylic acids is 1. The normalized spacial score (nSPS) is 14.5. The number of hydrogen-bond donors (Lipinski definition) is 2. The van der Waals surface area contributed by atoms with Crippen molar-refractivity contribution in [1.82, 2.24) is 5.32 Å². The third-order valence-electron chi connectivity index (χ3n) is 2.47. The first kappa shape index (κ1) is 12.1. The Bertz CT molecular complexity index is 329. The van der Waals surface area contributed by atoms with Crippen LogP contribution in [0.5, 0.6) is 0 Å². The van der Waals surface area contributed by atoms with Gasteiger partial charge < -0.3 is 11.1 Å². The maximum Gasteiger partial charge on any atom is 0.243 e. The molecule has 0 fully saturated rings. The topological polar surface area (TPSA) is 55.1 Å². The highest BCUT2D eigenvalue weighted by Crippen LogP contribution is 2.24. The lowest BCUT2D eigenvalue weighted by Crippen LogP contribution is -2.53. The number of likely N-dealkylation sites (N-methyl/N-ethyl adjacent to an activating group) is 1. The Labute approximate surface area is 94.4 Å². The fourth-order valence-electron chi connectivity index (χ4n) is 1.58. The van der Waals surface area contributed by atoms with Crippen LogP contribution in [-0.2, 0) is 10.3 Å². The van der Waals surface area contributed by atoms with Gasteiger partial charge in [0.05, 0.1) is 0 Å². The summed E-state index contributed by atoms with van der Waals surface area (Å²) in [6, 6.07) is 9.56. The van der Waals surface area contributed by atoms with Crippen LogP contribution in [0.15, 0.2) is 30.3 Å². The van der Waals surface area contributed by atoms with E-state index in [1.54, 1.807) is 18.8 Å². The van der Waals surface area contributed by atoms with Gasteiger partial charge in [0.2, 0.25) is 5.91 Å².